The summed E-state index contributed by atoms with van der Waals surface area (Å²) in [6, 6.07) is 8.43. The van der Waals surface area contributed by atoms with Crippen molar-refractivity contribution in [2.24, 2.45) is 0 Å². The van der Waals surface area contributed by atoms with Gasteiger partial charge in [-0.05, 0) is 37.0 Å². The lowest BCUT2D eigenvalue weighted by Crippen LogP contribution is -2.11. The lowest BCUT2D eigenvalue weighted by atomic mass is 10.1. The number of aliphatic hydroxyl groups excluding tert-OH is 1. The topological polar surface area (TPSA) is 75.9 Å². The normalized spacial score (nSPS) is 15.9. The first-order valence-electron chi connectivity index (χ1n) is 9.50. The van der Waals surface area contributed by atoms with Gasteiger partial charge in [-0.15, -0.1) is 0 Å². The van der Waals surface area contributed by atoms with E-state index in [-0.39, 0.29) is 6.61 Å². The number of fused-ring (bicyclic) bond motifs is 1. The molecule has 2 aromatic heterocycles. The predicted molar refractivity (Wildman–Crippen MR) is 103 cm³/mol. The van der Waals surface area contributed by atoms with Gasteiger partial charge in [0.05, 0.1) is 17.6 Å². The molecule has 4 rings (SSSR count). The first kappa shape index (κ1) is 17.0. The van der Waals surface area contributed by atoms with Crippen molar-refractivity contribution in [3.8, 4) is 0 Å². The number of hydrogen-bond acceptors (Lipinski definition) is 5. The highest BCUT2D eigenvalue weighted by Gasteiger charge is 2.18. The Kier molecular flexibility index (Phi) is 5.11. The number of aromatic nitrogens is 4. The Hall–Kier alpha value is -2.47. The summed E-state index contributed by atoms with van der Waals surface area (Å²) in [6.07, 6.45) is 11.9. The van der Waals surface area contributed by atoms with Crippen LogP contribution in [0, 0.1) is 0 Å². The largest absolute Gasteiger partial charge is 0.396 e. The van der Waals surface area contributed by atoms with Crippen molar-refractivity contribution >= 4 is 22.7 Å². The Bertz CT molecular complexity index is 850. The Morgan fingerprint density at radius 1 is 1.04 bits per heavy atom. The zero-order chi connectivity index (χ0) is 17.8. The van der Waals surface area contributed by atoms with Crippen LogP contribution in [0.4, 0.5) is 11.6 Å². The van der Waals surface area contributed by atoms with Gasteiger partial charge in [-0.2, -0.15) is 10.1 Å². The Morgan fingerprint density at radius 2 is 1.81 bits per heavy atom. The molecule has 0 aliphatic heterocycles. The molecule has 136 valence electrons. The molecular weight excluding hydrogens is 326 g/mol. The van der Waals surface area contributed by atoms with E-state index in [2.05, 4.69) is 20.1 Å². The third-order valence-electron chi connectivity index (χ3n) is 5.12. The average Bonchev–Trinajstić information content (AvgIpc) is 2.89. The van der Waals surface area contributed by atoms with Gasteiger partial charge in [-0.25, -0.2) is 9.67 Å². The molecule has 6 heteroatoms. The van der Waals surface area contributed by atoms with Crippen molar-refractivity contribution in [3.05, 3.63) is 42.2 Å². The minimum atomic E-state index is 0.164. The number of nitrogens with zero attached hydrogens (tertiary/aromatic N) is 4. The highest BCUT2D eigenvalue weighted by atomic mass is 16.2. The number of aliphatic hydroxyl groups is 1. The van der Waals surface area contributed by atoms with Crippen LogP contribution in [0.1, 0.15) is 50.1 Å². The summed E-state index contributed by atoms with van der Waals surface area (Å²) in [7, 11) is 0. The highest BCUT2D eigenvalue weighted by molar-refractivity contribution is 5.75. The Labute approximate surface area is 153 Å². The second-order valence-electron chi connectivity index (χ2n) is 7.00. The summed E-state index contributed by atoms with van der Waals surface area (Å²) in [4.78, 5) is 9.16. The van der Waals surface area contributed by atoms with E-state index in [1.165, 1.54) is 38.5 Å². The predicted octanol–water partition coefficient (Wildman–Crippen LogP) is 4.00. The van der Waals surface area contributed by atoms with Crippen LogP contribution < -0.4 is 5.32 Å². The summed E-state index contributed by atoms with van der Waals surface area (Å²) >= 11 is 0. The molecule has 0 bridgehead atoms. The monoisotopic (exact) mass is 351 g/mol. The van der Waals surface area contributed by atoms with Crippen LogP contribution in [0.3, 0.4) is 0 Å². The number of nitrogens with one attached hydrogen (secondary N) is 1. The number of hydrogen-bond donors (Lipinski definition) is 2. The van der Waals surface area contributed by atoms with Crippen molar-refractivity contribution in [1.29, 1.82) is 0 Å². The summed E-state index contributed by atoms with van der Waals surface area (Å²) in [5, 5.41) is 17.9. The molecule has 1 aromatic carbocycles. The molecule has 0 saturated heterocycles. The van der Waals surface area contributed by atoms with E-state index in [1.54, 1.807) is 0 Å². The van der Waals surface area contributed by atoms with E-state index in [0.29, 0.717) is 18.4 Å². The van der Waals surface area contributed by atoms with Crippen molar-refractivity contribution in [3.63, 3.8) is 0 Å². The second kappa shape index (κ2) is 7.83. The van der Waals surface area contributed by atoms with Gasteiger partial charge in [0.25, 0.3) is 0 Å². The fourth-order valence-corrected chi connectivity index (χ4v) is 3.68. The molecule has 3 aromatic rings. The van der Waals surface area contributed by atoms with Gasteiger partial charge < -0.3 is 10.4 Å². The average molecular weight is 351 g/mol. The number of rotatable bonds is 5. The third kappa shape index (κ3) is 3.70. The maximum Gasteiger partial charge on any atom is 0.229 e. The lowest BCUT2D eigenvalue weighted by Gasteiger charge is -2.15. The summed E-state index contributed by atoms with van der Waals surface area (Å²) < 4.78 is 2.10. The smallest absolute Gasteiger partial charge is 0.229 e. The molecular formula is C20H25N5O. The molecule has 0 unspecified atom stereocenters. The summed E-state index contributed by atoms with van der Waals surface area (Å²) in [6.45, 7) is 0.164. The van der Waals surface area contributed by atoms with Crippen LogP contribution in [0.5, 0.6) is 0 Å². The fraction of sp³-hybridized carbons (Fsp3) is 0.450. The van der Waals surface area contributed by atoms with Gasteiger partial charge in [0.15, 0.2) is 5.65 Å². The van der Waals surface area contributed by atoms with E-state index in [9.17, 15) is 0 Å². The van der Waals surface area contributed by atoms with Crippen LogP contribution in [0.25, 0.3) is 11.0 Å². The van der Waals surface area contributed by atoms with Crippen LogP contribution in [0.15, 0.2) is 36.7 Å². The molecule has 6 nitrogen and oxygen atoms in total. The molecule has 0 atom stereocenters. The molecule has 1 aliphatic rings. The van der Waals surface area contributed by atoms with Gasteiger partial charge in [0.2, 0.25) is 5.95 Å². The maximum absolute atomic E-state index is 9.01. The molecule has 2 heterocycles. The molecule has 2 N–H and O–H groups in total. The van der Waals surface area contributed by atoms with Crippen LogP contribution in [0.2, 0.25) is 0 Å². The SMILES string of the molecule is OCCc1ccc(Nc2ncc3cnn(C4CCCCCC4)c3n2)cc1. The van der Waals surface area contributed by atoms with E-state index >= 15 is 0 Å². The second-order valence-corrected chi connectivity index (χ2v) is 7.00. The van der Waals surface area contributed by atoms with Gasteiger partial charge in [-0.3, -0.25) is 0 Å². The van der Waals surface area contributed by atoms with Crippen molar-refractivity contribution in [2.75, 3.05) is 11.9 Å². The first-order valence-corrected chi connectivity index (χ1v) is 9.50. The van der Waals surface area contributed by atoms with Gasteiger partial charge in [0, 0.05) is 18.5 Å². The summed E-state index contributed by atoms with van der Waals surface area (Å²) in [5.41, 5.74) is 2.96. The van der Waals surface area contributed by atoms with Gasteiger partial charge in [-0.1, -0.05) is 37.8 Å². The van der Waals surface area contributed by atoms with Gasteiger partial charge >= 0.3 is 0 Å². The van der Waals surface area contributed by atoms with Crippen LogP contribution >= 0.6 is 0 Å². The highest BCUT2D eigenvalue weighted by Crippen LogP contribution is 2.29. The standard InChI is InChI=1S/C20H25N5O/c26-12-11-15-7-9-17(10-8-15)23-20-21-13-16-14-22-25(19(16)24-20)18-5-3-1-2-4-6-18/h7-10,13-14,18,26H,1-6,11-12H2,(H,21,23,24). The molecule has 0 spiro atoms. The lowest BCUT2D eigenvalue weighted by molar-refractivity contribution is 0.299. The zero-order valence-electron chi connectivity index (χ0n) is 14.9. The van der Waals surface area contributed by atoms with E-state index in [1.807, 2.05) is 36.7 Å². The maximum atomic E-state index is 9.01. The molecule has 0 radical (unpaired) electrons. The minimum absolute atomic E-state index is 0.164. The van der Waals surface area contributed by atoms with Crippen molar-refractivity contribution in [2.45, 2.75) is 51.0 Å². The summed E-state index contributed by atoms with van der Waals surface area (Å²) in [5.74, 6) is 0.586. The zero-order valence-corrected chi connectivity index (χ0v) is 14.9. The van der Waals surface area contributed by atoms with Crippen LogP contribution in [-0.2, 0) is 6.42 Å². The van der Waals surface area contributed by atoms with Crippen molar-refractivity contribution in [1.82, 2.24) is 19.7 Å². The van der Waals surface area contributed by atoms with E-state index in [4.69, 9.17) is 10.1 Å². The van der Waals surface area contributed by atoms with E-state index in [0.717, 1.165) is 22.3 Å². The van der Waals surface area contributed by atoms with Gasteiger partial charge in [0.1, 0.15) is 0 Å². The Balaban J connectivity index is 1.57. The molecule has 0 amide bonds. The minimum Gasteiger partial charge on any atom is -0.396 e. The fourth-order valence-electron chi connectivity index (χ4n) is 3.68. The Morgan fingerprint density at radius 3 is 2.54 bits per heavy atom. The first-order chi connectivity index (χ1) is 12.8. The van der Waals surface area contributed by atoms with Crippen molar-refractivity contribution < 1.29 is 5.11 Å². The van der Waals surface area contributed by atoms with Crippen LogP contribution in [-0.4, -0.2) is 31.5 Å². The molecule has 1 aliphatic carbocycles. The number of anilines is 2. The quantitative estimate of drug-likeness (QED) is 0.680. The number of benzene rings is 1. The molecule has 1 saturated carbocycles. The molecule has 1 fully saturated rings. The molecule has 26 heavy (non-hydrogen) atoms. The third-order valence-corrected chi connectivity index (χ3v) is 5.12. The van der Waals surface area contributed by atoms with E-state index < -0.39 is 0 Å².